The summed E-state index contributed by atoms with van der Waals surface area (Å²) in [4.78, 5) is 12.5. The quantitative estimate of drug-likeness (QED) is 0.367. The van der Waals surface area contributed by atoms with Crippen LogP contribution in [0.25, 0.3) is 17.0 Å². The van der Waals surface area contributed by atoms with E-state index in [0.717, 1.165) is 11.1 Å². The van der Waals surface area contributed by atoms with E-state index >= 15 is 0 Å². The van der Waals surface area contributed by atoms with Gasteiger partial charge in [0.2, 0.25) is 11.8 Å². The van der Waals surface area contributed by atoms with Crippen LogP contribution in [0.5, 0.6) is 5.88 Å². The smallest absolute Gasteiger partial charge is 0.231 e. The van der Waals surface area contributed by atoms with Gasteiger partial charge in [0.25, 0.3) is 0 Å². The van der Waals surface area contributed by atoms with Crippen LogP contribution in [0.1, 0.15) is 19.4 Å². The molecule has 0 unspecified atom stereocenters. The minimum Gasteiger partial charge on any atom is -0.475 e. The second-order valence-corrected chi connectivity index (χ2v) is 10.4. The first-order chi connectivity index (χ1) is 16.3. The number of carbonyl (C=O) groups is 1. The average Bonchev–Trinajstić information content (AvgIpc) is 3.26. The van der Waals surface area contributed by atoms with Crippen LogP contribution < -0.4 is 10.1 Å². The minimum absolute atomic E-state index is 0.146. The number of amides is 1. The third-order valence-corrected chi connectivity index (χ3v) is 7.35. The number of sulfone groups is 1. The van der Waals surface area contributed by atoms with Gasteiger partial charge in [0.1, 0.15) is 6.61 Å². The van der Waals surface area contributed by atoms with Gasteiger partial charge in [-0.2, -0.15) is 4.52 Å². The third-order valence-electron chi connectivity index (χ3n) is 5.18. The average molecular weight is 480 g/mol. The second-order valence-electron chi connectivity index (χ2n) is 7.94. The first kappa shape index (κ1) is 23.4. The van der Waals surface area contributed by atoms with Gasteiger partial charge in [-0.05, 0) is 37.6 Å². The highest BCUT2D eigenvalue weighted by atomic mass is 32.2. The van der Waals surface area contributed by atoms with E-state index in [-0.39, 0.29) is 23.8 Å². The van der Waals surface area contributed by atoms with E-state index in [9.17, 15) is 13.2 Å². The molecule has 34 heavy (non-hydrogen) atoms. The van der Waals surface area contributed by atoms with Crippen molar-refractivity contribution in [2.24, 2.45) is 0 Å². The van der Waals surface area contributed by atoms with Crippen LogP contribution >= 0.6 is 0 Å². The summed E-state index contributed by atoms with van der Waals surface area (Å²) < 4.78 is 31.7. The normalized spacial score (nSPS) is 11.6. The monoisotopic (exact) mass is 479 g/mol. The molecule has 0 atom stereocenters. The van der Waals surface area contributed by atoms with Crippen molar-refractivity contribution in [3.05, 3.63) is 72.3 Å². The van der Waals surface area contributed by atoms with E-state index in [4.69, 9.17) is 4.74 Å². The maximum absolute atomic E-state index is 12.2. The fourth-order valence-electron chi connectivity index (χ4n) is 3.28. The van der Waals surface area contributed by atoms with Crippen molar-refractivity contribution < 1.29 is 17.9 Å². The van der Waals surface area contributed by atoms with Crippen LogP contribution in [0.4, 0.5) is 0 Å². The molecule has 2 aromatic heterocycles. The summed E-state index contributed by atoms with van der Waals surface area (Å²) in [5, 5.41) is 15.1. The van der Waals surface area contributed by atoms with Gasteiger partial charge < -0.3 is 10.1 Å². The van der Waals surface area contributed by atoms with E-state index in [1.807, 2.05) is 30.3 Å². The van der Waals surface area contributed by atoms with Gasteiger partial charge in [-0.1, -0.05) is 42.5 Å². The maximum Gasteiger partial charge on any atom is 0.231 e. The molecular formula is C24H25N5O4S. The van der Waals surface area contributed by atoms with E-state index in [1.165, 1.54) is 12.1 Å². The Kier molecular flexibility index (Phi) is 6.87. The second kappa shape index (κ2) is 10.0. The molecule has 176 valence electrons. The number of ether oxygens (including phenoxy) is 1. The summed E-state index contributed by atoms with van der Waals surface area (Å²) in [5.41, 5.74) is 2.22. The van der Waals surface area contributed by atoms with Gasteiger partial charge in [0.05, 0.1) is 23.1 Å². The molecule has 0 aliphatic carbocycles. The van der Waals surface area contributed by atoms with Crippen LogP contribution in [0.15, 0.2) is 71.6 Å². The molecule has 10 heteroatoms. The molecule has 0 spiro atoms. The first-order valence-electron chi connectivity index (χ1n) is 10.8. The number of aromatic nitrogens is 4. The van der Waals surface area contributed by atoms with Crippen molar-refractivity contribution in [1.29, 1.82) is 0 Å². The minimum atomic E-state index is -3.33. The van der Waals surface area contributed by atoms with Crippen molar-refractivity contribution in [3.8, 4) is 17.3 Å². The van der Waals surface area contributed by atoms with Gasteiger partial charge >= 0.3 is 0 Å². The Morgan fingerprint density at radius 3 is 2.44 bits per heavy atom. The Labute approximate surface area is 197 Å². The zero-order valence-electron chi connectivity index (χ0n) is 18.9. The predicted octanol–water partition coefficient (Wildman–Crippen LogP) is 2.71. The topological polar surface area (TPSA) is 116 Å². The molecule has 0 fully saturated rings. The molecule has 1 N–H and O–H groups in total. The van der Waals surface area contributed by atoms with Gasteiger partial charge in [0, 0.05) is 11.6 Å². The van der Waals surface area contributed by atoms with Gasteiger partial charge in [-0.15, -0.1) is 15.3 Å². The van der Waals surface area contributed by atoms with E-state index in [0.29, 0.717) is 23.9 Å². The number of hydrogen-bond acceptors (Lipinski definition) is 7. The fourth-order valence-corrected chi connectivity index (χ4v) is 4.34. The first-order valence-corrected chi connectivity index (χ1v) is 12.4. The molecule has 9 nitrogen and oxygen atoms in total. The van der Waals surface area contributed by atoms with Crippen LogP contribution in [-0.4, -0.2) is 52.5 Å². The van der Waals surface area contributed by atoms with Crippen LogP contribution in [0.3, 0.4) is 0 Å². The van der Waals surface area contributed by atoms with Crippen molar-refractivity contribution in [2.45, 2.75) is 30.4 Å². The summed E-state index contributed by atoms with van der Waals surface area (Å²) in [5.74, 6) is 0.818. The Morgan fingerprint density at radius 2 is 1.74 bits per heavy atom. The molecule has 0 saturated carbocycles. The number of rotatable bonds is 9. The molecule has 4 rings (SSSR count). The van der Waals surface area contributed by atoms with Crippen LogP contribution in [0.2, 0.25) is 0 Å². The zero-order chi connectivity index (χ0) is 24.1. The van der Waals surface area contributed by atoms with Crippen molar-refractivity contribution in [3.63, 3.8) is 0 Å². The van der Waals surface area contributed by atoms with Gasteiger partial charge in [-0.3, -0.25) is 4.79 Å². The maximum atomic E-state index is 12.2. The number of nitrogens with zero attached hydrogens (tertiary/aromatic N) is 4. The molecule has 4 aromatic rings. The van der Waals surface area contributed by atoms with Crippen molar-refractivity contribution in [1.82, 2.24) is 25.1 Å². The van der Waals surface area contributed by atoms with E-state index in [1.54, 1.807) is 42.6 Å². The lowest BCUT2D eigenvalue weighted by Gasteiger charge is -2.09. The molecule has 2 aromatic carbocycles. The number of fused-ring (bicyclic) bond motifs is 1. The van der Waals surface area contributed by atoms with Crippen molar-refractivity contribution >= 4 is 21.4 Å². The molecular weight excluding hydrogens is 454 g/mol. The third kappa shape index (κ3) is 5.23. The predicted molar refractivity (Wildman–Crippen MR) is 127 cm³/mol. The summed E-state index contributed by atoms with van der Waals surface area (Å²) in [6.07, 6.45) is 0.146. The Bertz CT molecular complexity index is 1380. The highest BCUT2D eigenvalue weighted by molar-refractivity contribution is 7.92. The molecule has 0 radical (unpaired) electrons. The SMILES string of the molecule is CC(C)S(=O)(=O)c1ccc(CC(=O)NCCOc2ccc3nnc(-c4ccccc4)n3n2)cc1. The molecule has 0 bridgehead atoms. The summed E-state index contributed by atoms with van der Waals surface area (Å²) >= 11 is 0. The number of hydrogen-bond donors (Lipinski definition) is 1. The Morgan fingerprint density at radius 1 is 1.00 bits per heavy atom. The lowest BCUT2D eigenvalue weighted by Crippen LogP contribution is -2.29. The number of nitrogens with one attached hydrogen (secondary N) is 1. The zero-order valence-corrected chi connectivity index (χ0v) is 19.7. The van der Waals surface area contributed by atoms with Crippen molar-refractivity contribution in [2.75, 3.05) is 13.2 Å². The highest BCUT2D eigenvalue weighted by Gasteiger charge is 2.18. The Balaban J connectivity index is 1.29. The van der Waals surface area contributed by atoms with E-state index in [2.05, 4.69) is 20.6 Å². The number of carbonyl (C=O) groups excluding carboxylic acids is 1. The van der Waals surface area contributed by atoms with E-state index < -0.39 is 15.1 Å². The van der Waals surface area contributed by atoms with Crippen LogP contribution in [0, 0.1) is 0 Å². The van der Waals surface area contributed by atoms with Gasteiger partial charge in [-0.25, -0.2) is 8.42 Å². The lowest BCUT2D eigenvalue weighted by molar-refractivity contribution is -0.120. The van der Waals surface area contributed by atoms with Crippen LogP contribution in [-0.2, 0) is 21.1 Å². The molecule has 1 amide bonds. The standard InChI is InChI=1S/C24H25N5O4S/c1-17(2)34(31,32)20-10-8-18(9-11-20)16-22(30)25-14-15-33-23-13-12-21-26-27-24(29(21)28-23)19-6-4-3-5-7-19/h3-13,17H,14-16H2,1-2H3,(H,25,30). The molecule has 0 saturated heterocycles. The van der Waals surface area contributed by atoms with Gasteiger partial charge in [0.15, 0.2) is 21.3 Å². The molecule has 0 aliphatic rings. The molecule has 2 heterocycles. The summed E-state index contributed by atoms with van der Waals surface area (Å²) in [7, 11) is -3.33. The molecule has 0 aliphatic heterocycles. The summed E-state index contributed by atoms with van der Waals surface area (Å²) in [6.45, 7) is 3.81. The number of benzene rings is 2. The largest absolute Gasteiger partial charge is 0.475 e. The Hall–Kier alpha value is -3.79. The summed E-state index contributed by atoms with van der Waals surface area (Å²) in [6, 6.07) is 19.5. The highest BCUT2D eigenvalue weighted by Crippen LogP contribution is 2.19. The lowest BCUT2D eigenvalue weighted by atomic mass is 10.1. The fraction of sp³-hybridized carbons (Fsp3) is 0.250.